The second kappa shape index (κ2) is 4.63. The van der Waals surface area contributed by atoms with Crippen molar-refractivity contribution >= 4 is 0 Å². The molecular formula is C12H14N2. The van der Waals surface area contributed by atoms with Crippen LogP contribution in [0.5, 0.6) is 0 Å². The SMILES string of the molecule is [C-]#[N+]/C(C#N)=C1\C=C(C(C)C)CCC1. The molecule has 0 unspecified atom stereocenters. The van der Waals surface area contributed by atoms with Gasteiger partial charge >= 0.3 is 0 Å². The van der Waals surface area contributed by atoms with Gasteiger partial charge in [0.2, 0.25) is 0 Å². The average Bonchev–Trinajstić information content (AvgIpc) is 2.20. The molecule has 0 aromatic carbocycles. The van der Waals surface area contributed by atoms with Crippen LogP contribution in [0.3, 0.4) is 0 Å². The van der Waals surface area contributed by atoms with E-state index in [1.54, 1.807) is 0 Å². The summed E-state index contributed by atoms with van der Waals surface area (Å²) in [5.41, 5.74) is 2.56. The minimum atomic E-state index is 0.267. The van der Waals surface area contributed by atoms with Gasteiger partial charge in [0.1, 0.15) is 0 Å². The third-order valence-electron chi connectivity index (χ3n) is 2.53. The van der Waals surface area contributed by atoms with Gasteiger partial charge in [-0.05, 0) is 30.8 Å². The molecule has 1 rings (SSSR count). The van der Waals surface area contributed by atoms with Crippen molar-refractivity contribution in [1.82, 2.24) is 0 Å². The molecule has 0 bridgehead atoms. The van der Waals surface area contributed by atoms with E-state index >= 15 is 0 Å². The Kier molecular flexibility index (Phi) is 3.48. The Morgan fingerprint density at radius 1 is 1.57 bits per heavy atom. The maximum absolute atomic E-state index is 8.75. The van der Waals surface area contributed by atoms with Crippen molar-refractivity contribution in [1.29, 1.82) is 5.26 Å². The first-order valence-electron chi connectivity index (χ1n) is 4.90. The molecule has 0 saturated heterocycles. The van der Waals surface area contributed by atoms with Crippen LogP contribution in [-0.2, 0) is 0 Å². The maximum atomic E-state index is 8.75. The van der Waals surface area contributed by atoms with Gasteiger partial charge in [-0.25, -0.2) is 10.1 Å². The van der Waals surface area contributed by atoms with Crippen molar-refractivity contribution in [2.75, 3.05) is 0 Å². The van der Waals surface area contributed by atoms with Crippen molar-refractivity contribution in [2.45, 2.75) is 33.1 Å². The van der Waals surface area contributed by atoms with Crippen LogP contribution in [0.4, 0.5) is 0 Å². The Morgan fingerprint density at radius 2 is 2.29 bits per heavy atom. The summed E-state index contributed by atoms with van der Waals surface area (Å²) in [6, 6.07) is 1.96. The van der Waals surface area contributed by atoms with E-state index in [0.29, 0.717) is 5.92 Å². The molecule has 1 aliphatic rings. The molecule has 0 saturated carbocycles. The second-order valence-electron chi connectivity index (χ2n) is 3.82. The minimum Gasteiger partial charge on any atom is -0.226 e. The highest BCUT2D eigenvalue weighted by atomic mass is 14.7. The van der Waals surface area contributed by atoms with Gasteiger partial charge < -0.3 is 0 Å². The van der Waals surface area contributed by atoms with Crippen molar-refractivity contribution in [2.24, 2.45) is 5.92 Å². The Balaban J connectivity index is 3.06. The van der Waals surface area contributed by atoms with Crippen LogP contribution in [0.2, 0.25) is 0 Å². The summed E-state index contributed by atoms with van der Waals surface area (Å²) in [6.45, 7) is 11.2. The summed E-state index contributed by atoms with van der Waals surface area (Å²) in [7, 11) is 0. The molecular weight excluding hydrogens is 172 g/mol. The van der Waals surface area contributed by atoms with Crippen LogP contribution in [0, 0.1) is 23.8 Å². The van der Waals surface area contributed by atoms with E-state index < -0.39 is 0 Å². The molecule has 0 aromatic rings. The molecule has 0 atom stereocenters. The van der Waals surface area contributed by atoms with Crippen molar-refractivity contribution in [3.8, 4) is 6.07 Å². The fourth-order valence-electron chi connectivity index (χ4n) is 1.66. The highest BCUT2D eigenvalue weighted by Crippen LogP contribution is 2.29. The van der Waals surface area contributed by atoms with E-state index in [1.165, 1.54) is 5.57 Å². The zero-order chi connectivity index (χ0) is 10.6. The third kappa shape index (κ3) is 2.24. The predicted octanol–water partition coefficient (Wildman–Crippen LogP) is 3.45. The largest absolute Gasteiger partial charge is 0.265 e. The van der Waals surface area contributed by atoms with E-state index in [9.17, 15) is 0 Å². The number of rotatable bonds is 1. The maximum Gasteiger partial charge on any atom is 0.265 e. The van der Waals surface area contributed by atoms with E-state index in [1.807, 2.05) is 12.1 Å². The molecule has 0 amide bonds. The molecule has 1 aliphatic carbocycles. The Bertz CT molecular complexity index is 343. The molecule has 0 N–H and O–H groups in total. The van der Waals surface area contributed by atoms with Gasteiger partial charge in [-0.2, -0.15) is 0 Å². The first kappa shape index (κ1) is 10.5. The highest BCUT2D eigenvalue weighted by molar-refractivity contribution is 5.42. The van der Waals surface area contributed by atoms with Gasteiger partial charge in [-0.3, -0.25) is 0 Å². The number of allylic oxidation sites excluding steroid dienone is 4. The standard InChI is InChI=1S/C12H14N2/c1-9(2)10-5-4-6-11(7-10)12(8-13)14-3/h7,9H,4-6H2,1-2H3/b12-11-. The highest BCUT2D eigenvalue weighted by Gasteiger charge is 2.13. The molecule has 14 heavy (non-hydrogen) atoms. The summed E-state index contributed by atoms with van der Waals surface area (Å²) in [4.78, 5) is 3.25. The lowest BCUT2D eigenvalue weighted by Gasteiger charge is -2.18. The fraction of sp³-hybridized carbons (Fsp3) is 0.500. The van der Waals surface area contributed by atoms with Gasteiger partial charge in [0, 0.05) is 0 Å². The Morgan fingerprint density at radius 3 is 2.79 bits per heavy atom. The summed E-state index contributed by atoms with van der Waals surface area (Å²) in [5.74, 6) is 0.524. The van der Waals surface area contributed by atoms with E-state index in [-0.39, 0.29) is 5.70 Å². The van der Waals surface area contributed by atoms with Crippen LogP contribution in [0.25, 0.3) is 4.85 Å². The Labute approximate surface area is 85.4 Å². The lowest BCUT2D eigenvalue weighted by Crippen LogP contribution is -2.01. The number of nitrogens with zero attached hydrogens (tertiary/aromatic N) is 2. The molecule has 72 valence electrons. The zero-order valence-electron chi connectivity index (χ0n) is 8.67. The van der Waals surface area contributed by atoms with Crippen LogP contribution < -0.4 is 0 Å². The normalized spacial score (nSPS) is 19.6. The van der Waals surface area contributed by atoms with E-state index in [2.05, 4.69) is 18.7 Å². The number of hydrogen-bond donors (Lipinski definition) is 0. The monoisotopic (exact) mass is 186 g/mol. The van der Waals surface area contributed by atoms with Gasteiger partial charge in [0.15, 0.2) is 0 Å². The summed E-state index contributed by atoms with van der Waals surface area (Å²) >= 11 is 0. The van der Waals surface area contributed by atoms with E-state index in [4.69, 9.17) is 11.8 Å². The molecule has 2 heteroatoms. The van der Waals surface area contributed by atoms with Gasteiger partial charge in [0.25, 0.3) is 5.70 Å². The number of nitriles is 1. The lowest BCUT2D eigenvalue weighted by molar-refractivity contribution is 0.660. The molecule has 0 aromatic heterocycles. The number of hydrogen-bond acceptors (Lipinski definition) is 1. The van der Waals surface area contributed by atoms with Crippen molar-refractivity contribution in [3.63, 3.8) is 0 Å². The first-order chi connectivity index (χ1) is 6.69. The summed E-state index contributed by atoms with van der Waals surface area (Å²) in [5, 5.41) is 8.75. The molecule has 0 aliphatic heterocycles. The van der Waals surface area contributed by atoms with Crippen LogP contribution >= 0.6 is 0 Å². The topological polar surface area (TPSA) is 28.1 Å². The van der Waals surface area contributed by atoms with Crippen molar-refractivity contribution < 1.29 is 0 Å². The molecule has 0 fully saturated rings. The van der Waals surface area contributed by atoms with Crippen LogP contribution in [0.1, 0.15) is 33.1 Å². The quantitative estimate of drug-likeness (QED) is 0.455. The van der Waals surface area contributed by atoms with Gasteiger partial charge in [-0.1, -0.05) is 25.5 Å². The van der Waals surface area contributed by atoms with Gasteiger partial charge in [0.05, 0.1) is 12.6 Å². The molecule has 0 spiro atoms. The Hall–Kier alpha value is -1.54. The van der Waals surface area contributed by atoms with Crippen LogP contribution in [-0.4, -0.2) is 0 Å². The van der Waals surface area contributed by atoms with E-state index in [0.717, 1.165) is 24.8 Å². The molecule has 0 radical (unpaired) electrons. The minimum absolute atomic E-state index is 0.267. The zero-order valence-corrected chi connectivity index (χ0v) is 8.67. The average molecular weight is 186 g/mol. The molecule has 0 heterocycles. The van der Waals surface area contributed by atoms with Gasteiger partial charge in [-0.15, -0.1) is 0 Å². The third-order valence-corrected chi connectivity index (χ3v) is 2.53. The smallest absolute Gasteiger partial charge is 0.226 e. The van der Waals surface area contributed by atoms with Crippen molar-refractivity contribution in [3.05, 3.63) is 34.3 Å². The second-order valence-corrected chi connectivity index (χ2v) is 3.82. The first-order valence-corrected chi connectivity index (χ1v) is 4.90. The molecule has 2 nitrogen and oxygen atoms in total. The lowest BCUT2D eigenvalue weighted by atomic mass is 9.88. The predicted molar refractivity (Wildman–Crippen MR) is 56.0 cm³/mol. The van der Waals surface area contributed by atoms with Crippen LogP contribution in [0.15, 0.2) is 22.9 Å². The fourth-order valence-corrected chi connectivity index (χ4v) is 1.66. The summed E-state index contributed by atoms with van der Waals surface area (Å²) in [6.07, 6.45) is 5.10. The summed E-state index contributed by atoms with van der Waals surface area (Å²) < 4.78 is 0.